The number of nitrogens with one attached hydrogen (secondary N) is 1. The molecule has 0 atom stereocenters. The number of nitrogens with zero attached hydrogens (tertiary/aromatic N) is 2. The van der Waals surface area contributed by atoms with Crippen LogP contribution in [-0.2, 0) is 6.18 Å². The fraction of sp³-hybridized carbons (Fsp3) is 0.571. The van der Waals surface area contributed by atoms with E-state index in [9.17, 15) is 13.2 Å². The van der Waals surface area contributed by atoms with Crippen LogP contribution in [0.5, 0.6) is 0 Å². The summed E-state index contributed by atoms with van der Waals surface area (Å²) in [6.45, 7) is 0. The number of thioether (sulfide) groups is 1. The van der Waals surface area contributed by atoms with Gasteiger partial charge in [0.2, 0.25) is 0 Å². The highest BCUT2D eigenvalue weighted by Gasteiger charge is 2.33. The lowest BCUT2D eigenvalue weighted by Crippen LogP contribution is -2.28. The Kier molecular flexibility index (Phi) is 4.99. The highest BCUT2D eigenvalue weighted by Crippen LogP contribution is 2.31. The molecule has 0 saturated heterocycles. The second kappa shape index (κ2) is 6.56. The molecule has 1 aromatic rings. The molecule has 1 aromatic heterocycles. The summed E-state index contributed by atoms with van der Waals surface area (Å²) in [5.41, 5.74) is -0.822. The fourth-order valence-electron chi connectivity index (χ4n) is 2.45. The van der Waals surface area contributed by atoms with Gasteiger partial charge in [-0.25, -0.2) is 4.98 Å². The Labute approximate surface area is 125 Å². The second-order valence-corrected chi connectivity index (χ2v) is 6.19. The molecule has 0 amide bonds. The Morgan fingerprint density at radius 3 is 2.48 bits per heavy atom. The highest BCUT2D eigenvalue weighted by molar-refractivity contribution is 7.99. The van der Waals surface area contributed by atoms with E-state index >= 15 is 0 Å². The summed E-state index contributed by atoms with van der Waals surface area (Å²) in [7, 11) is 0. The monoisotopic (exact) mass is 315 g/mol. The molecule has 1 N–H and O–H groups in total. The molecule has 1 heterocycles. The molecule has 7 heteroatoms. The van der Waals surface area contributed by atoms with Crippen LogP contribution < -0.4 is 5.32 Å². The zero-order valence-corrected chi connectivity index (χ0v) is 12.4. The lowest BCUT2D eigenvalue weighted by molar-refractivity contribution is -0.141. The molecule has 0 aromatic carbocycles. The van der Waals surface area contributed by atoms with Crippen molar-refractivity contribution in [2.75, 3.05) is 11.6 Å². The molecule has 1 aliphatic carbocycles. The summed E-state index contributed by atoms with van der Waals surface area (Å²) in [6, 6.07) is 3.98. The van der Waals surface area contributed by atoms with Gasteiger partial charge < -0.3 is 5.32 Å². The summed E-state index contributed by atoms with van der Waals surface area (Å²) in [6.07, 6.45) is 1.39. The van der Waals surface area contributed by atoms with Gasteiger partial charge in [0.1, 0.15) is 17.6 Å². The normalized spacial score (nSPS) is 22.6. The molecular weight excluding hydrogens is 299 g/mol. The third-order valence-electron chi connectivity index (χ3n) is 3.65. The number of anilines is 1. The molecule has 3 nitrogen and oxygen atoms in total. The Morgan fingerprint density at radius 1 is 1.29 bits per heavy atom. The van der Waals surface area contributed by atoms with Crippen molar-refractivity contribution in [3.8, 4) is 6.07 Å². The molecule has 0 unspecified atom stereocenters. The number of rotatable bonds is 3. The van der Waals surface area contributed by atoms with E-state index in [2.05, 4.69) is 16.6 Å². The maximum atomic E-state index is 12.7. The van der Waals surface area contributed by atoms with Crippen LogP contribution >= 0.6 is 11.8 Å². The number of hydrogen-bond acceptors (Lipinski definition) is 4. The van der Waals surface area contributed by atoms with Crippen LogP contribution in [-0.4, -0.2) is 22.5 Å². The number of hydrogen-bond donors (Lipinski definition) is 1. The van der Waals surface area contributed by atoms with Crippen molar-refractivity contribution < 1.29 is 13.2 Å². The topological polar surface area (TPSA) is 48.7 Å². The summed E-state index contributed by atoms with van der Waals surface area (Å²) >= 11 is 1.82. The van der Waals surface area contributed by atoms with Crippen molar-refractivity contribution in [2.45, 2.75) is 43.2 Å². The SMILES string of the molecule is CSC1CCC(Nc2nc(C(F)(F)F)ccc2C#N)CC1. The van der Waals surface area contributed by atoms with Crippen LogP contribution in [0.4, 0.5) is 19.0 Å². The Morgan fingerprint density at radius 2 is 1.95 bits per heavy atom. The van der Waals surface area contributed by atoms with E-state index in [1.165, 1.54) is 6.07 Å². The van der Waals surface area contributed by atoms with E-state index in [1.807, 2.05) is 17.8 Å². The molecule has 0 spiro atoms. The predicted octanol–water partition coefficient (Wildman–Crippen LogP) is 4.06. The first-order valence-corrected chi connectivity index (χ1v) is 8.00. The largest absolute Gasteiger partial charge is 0.433 e. The van der Waals surface area contributed by atoms with Crippen LogP contribution in [0.3, 0.4) is 0 Å². The van der Waals surface area contributed by atoms with Crippen LogP contribution in [0.15, 0.2) is 12.1 Å². The number of pyridine rings is 1. The molecule has 0 aliphatic heterocycles. The lowest BCUT2D eigenvalue weighted by atomic mass is 9.95. The van der Waals surface area contributed by atoms with Crippen LogP contribution in [0.2, 0.25) is 0 Å². The zero-order chi connectivity index (χ0) is 15.5. The van der Waals surface area contributed by atoms with Gasteiger partial charge in [0.15, 0.2) is 0 Å². The van der Waals surface area contributed by atoms with Gasteiger partial charge in [0.25, 0.3) is 0 Å². The Bertz CT molecular complexity index is 531. The van der Waals surface area contributed by atoms with Crippen molar-refractivity contribution in [1.29, 1.82) is 5.26 Å². The molecule has 1 fully saturated rings. The number of alkyl halides is 3. The number of nitriles is 1. The third kappa shape index (κ3) is 4.03. The lowest BCUT2D eigenvalue weighted by Gasteiger charge is -2.28. The molecule has 114 valence electrons. The first-order valence-electron chi connectivity index (χ1n) is 6.71. The molecule has 1 saturated carbocycles. The van der Waals surface area contributed by atoms with Gasteiger partial charge in [-0.05, 0) is 44.1 Å². The first kappa shape index (κ1) is 16.0. The molecule has 2 rings (SSSR count). The number of aromatic nitrogens is 1. The molecular formula is C14H16F3N3S. The van der Waals surface area contributed by atoms with Crippen molar-refractivity contribution >= 4 is 17.6 Å². The van der Waals surface area contributed by atoms with E-state index in [-0.39, 0.29) is 17.4 Å². The standard InChI is InChI=1S/C14H16F3N3S/c1-21-11-5-3-10(4-6-11)19-13-9(8-18)2-7-12(20-13)14(15,16)17/h2,7,10-11H,3-6H2,1H3,(H,19,20). The van der Waals surface area contributed by atoms with Crippen LogP contribution in [0.25, 0.3) is 0 Å². The van der Waals surface area contributed by atoms with Gasteiger partial charge in [-0.3, -0.25) is 0 Å². The maximum Gasteiger partial charge on any atom is 0.433 e. The molecule has 0 radical (unpaired) electrons. The molecule has 0 bridgehead atoms. The van der Waals surface area contributed by atoms with Crippen LogP contribution in [0, 0.1) is 11.3 Å². The second-order valence-electron chi connectivity index (χ2n) is 5.06. The number of halogens is 3. The van der Waals surface area contributed by atoms with E-state index in [4.69, 9.17) is 5.26 Å². The van der Waals surface area contributed by atoms with Crippen molar-refractivity contribution in [1.82, 2.24) is 4.98 Å². The van der Waals surface area contributed by atoms with Gasteiger partial charge in [0, 0.05) is 11.3 Å². The Hall–Kier alpha value is -1.42. The minimum absolute atomic E-state index is 0.0416. The van der Waals surface area contributed by atoms with Gasteiger partial charge in [-0.1, -0.05) is 0 Å². The fourth-order valence-corrected chi connectivity index (χ4v) is 3.20. The third-order valence-corrected chi connectivity index (χ3v) is 4.79. The highest BCUT2D eigenvalue weighted by atomic mass is 32.2. The Balaban J connectivity index is 2.13. The van der Waals surface area contributed by atoms with E-state index in [0.29, 0.717) is 5.25 Å². The van der Waals surface area contributed by atoms with Crippen molar-refractivity contribution in [3.63, 3.8) is 0 Å². The molecule has 1 aliphatic rings. The van der Waals surface area contributed by atoms with Crippen molar-refractivity contribution in [2.24, 2.45) is 0 Å². The van der Waals surface area contributed by atoms with E-state index in [0.717, 1.165) is 31.7 Å². The van der Waals surface area contributed by atoms with Gasteiger partial charge in [0.05, 0.1) is 5.56 Å². The minimum Gasteiger partial charge on any atom is -0.366 e. The summed E-state index contributed by atoms with van der Waals surface area (Å²) < 4.78 is 38.1. The smallest absolute Gasteiger partial charge is 0.366 e. The zero-order valence-electron chi connectivity index (χ0n) is 11.6. The van der Waals surface area contributed by atoms with Gasteiger partial charge in [-0.2, -0.15) is 30.2 Å². The summed E-state index contributed by atoms with van der Waals surface area (Å²) in [5, 5.41) is 12.6. The van der Waals surface area contributed by atoms with Crippen LogP contribution in [0.1, 0.15) is 36.9 Å². The summed E-state index contributed by atoms with van der Waals surface area (Å²) in [4.78, 5) is 3.58. The van der Waals surface area contributed by atoms with Gasteiger partial charge in [-0.15, -0.1) is 0 Å². The van der Waals surface area contributed by atoms with Crippen molar-refractivity contribution in [3.05, 3.63) is 23.4 Å². The minimum atomic E-state index is -4.50. The van der Waals surface area contributed by atoms with E-state index < -0.39 is 11.9 Å². The predicted molar refractivity (Wildman–Crippen MR) is 77.1 cm³/mol. The van der Waals surface area contributed by atoms with E-state index in [1.54, 1.807) is 0 Å². The quantitative estimate of drug-likeness (QED) is 0.914. The average Bonchev–Trinajstić information content (AvgIpc) is 2.47. The first-order chi connectivity index (χ1) is 9.94. The maximum absolute atomic E-state index is 12.7. The average molecular weight is 315 g/mol. The summed E-state index contributed by atoms with van der Waals surface area (Å²) in [5.74, 6) is 0.0416. The van der Waals surface area contributed by atoms with Gasteiger partial charge >= 0.3 is 6.18 Å². The molecule has 21 heavy (non-hydrogen) atoms.